The number of aliphatic carboxylic acids is 1. The molecule has 0 bridgehead atoms. The molecule has 1 aromatic rings. The number of hydrogen-bond donors (Lipinski definition) is 2. The van der Waals surface area contributed by atoms with Crippen molar-refractivity contribution in [3.8, 4) is 12.3 Å². The Morgan fingerprint density at radius 3 is 2.24 bits per heavy atom. The number of nitrogens with zero attached hydrogens (tertiary/aromatic N) is 1. The molecule has 0 saturated carbocycles. The van der Waals surface area contributed by atoms with Crippen LogP contribution in [0, 0.1) is 18.3 Å². The number of amides is 1. The zero-order valence-electron chi connectivity index (χ0n) is 12.3. The van der Waals surface area contributed by atoms with Gasteiger partial charge in [0.1, 0.15) is 0 Å². The molecule has 1 aromatic carbocycles. The van der Waals surface area contributed by atoms with Gasteiger partial charge in [0.05, 0.1) is 0 Å². The van der Waals surface area contributed by atoms with Crippen LogP contribution in [-0.4, -0.2) is 39.3 Å². The van der Waals surface area contributed by atoms with Crippen molar-refractivity contribution in [2.24, 2.45) is 5.92 Å². The molecule has 0 aliphatic rings. The quantitative estimate of drug-likeness (QED) is 0.637. The van der Waals surface area contributed by atoms with Crippen LogP contribution in [0.2, 0.25) is 0 Å². The summed E-state index contributed by atoms with van der Waals surface area (Å²) in [7, 11) is 0. The van der Waals surface area contributed by atoms with E-state index in [0.717, 1.165) is 11.8 Å². The Bertz CT molecular complexity index is 567. The third-order valence-corrected chi connectivity index (χ3v) is 3.02. The average molecular weight is 289 g/mol. The van der Waals surface area contributed by atoms with Crippen molar-refractivity contribution in [3.05, 3.63) is 35.4 Å². The first-order valence-electron chi connectivity index (χ1n) is 6.54. The number of carboxylic acid groups (broad SMARTS) is 1. The Kier molecular flexibility index (Phi) is 5.12. The predicted octanol–water partition coefficient (Wildman–Crippen LogP) is 1.56. The number of rotatable bonds is 5. The summed E-state index contributed by atoms with van der Waals surface area (Å²) in [6.45, 7) is 4.87. The Hall–Kier alpha value is -2.32. The Labute approximate surface area is 124 Å². The van der Waals surface area contributed by atoms with Gasteiger partial charge < -0.3 is 15.1 Å². The molecular formula is C16H19NO4. The summed E-state index contributed by atoms with van der Waals surface area (Å²) in [4.78, 5) is 24.6. The molecule has 1 amide bonds. The summed E-state index contributed by atoms with van der Waals surface area (Å²) in [5.74, 6) is 0.408. The van der Waals surface area contributed by atoms with E-state index in [9.17, 15) is 14.7 Å². The molecular weight excluding hydrogens is 270 g/mol. The Balaban J connectivity index is 3.16. The molecule has 1 unspecified atom stereocenters. The van der Waals surface area contributed by atoms with Crippen LogP contribution in [-0.2, 0) is 4.79 Å². The number of carbonyl (C=O) groups excluding carboxylic acids is 1. The van der Waals surface area contributed by atoms with Crippen LogP contribution in [0.5, 0.6) is 0 Å². The number of aliphatic hydroxyl groups is 1. The molecule has 5 heteroatoms. The van der Waals surface area contributed by atoms with Gasteiger partial charge in [-0.25, -0.2) is 4.79 Å². The van der Waals surface area contributed by atoms with Gasteiger partial charge in [-0.1, -0.05) is 19.8 Å². The fourth-order valence-corrected chi connectivity index (χ4v) is 1.80. The smallest absolute Gasteiger partial charge is 0.357 e. The lowest BCUT2D eigenvalue weighted by Gasteiger charge is -2.34. The van der Waals surface area contributed by atoms with E-state index in [1.54, 1.807) is 12.1 Å². The van der Waals surface area contributed by atoms with E-state index >= 15 is 0 Å². The lowest BCUT2D eigenvalue weighted by Crippen LogP contribution is -2.56. The van der Waals surface area contributed by atoms with Gasteiger partial charge >= 0.3 is 5.97 Å². The monoisotopic (exact) mass is 289 g/mol. The first-order chi connectivity index (χ1) is 9.70. The van der Waals surface area contributed by atoms with E-state index in [0.29, 0.717) is 5.56 Å². The standard InChI is InChI=1S/C16H19NO4/c1-5-12-6-8-13(9-7-12)14(18)17(10-11(2)3)16(4,21)15(19)20/h1,6-9,11,21H,10H2,2-4H3,(H,19,20). The Morgan fingerprint density at radius 2 is 1.86 bits per heavy atom. The number of carboxylic acids is 1. The van der Waals surface area contributed by atoms with Crippen molar-refractivity contribution in [2.45, 2.75) is 26.5 Å². The van der Waals surface area contributed by atoms with Gasteiger partial charge in [0, 0.05) is 17.7 Å². The van der Waals surface area contributed by atoms with Crippen molar-refractivity contribution in [2.75, 3.05) is 6.54 Å². The highest BCUT2D eigenvalue weighted by Crippen LogP contribution is 2.18. The second kappa shape index (κ2) is 6.42. The largest absolute Gasteiger partial charge is 0.478 e. The molecule has 0 aromatic heterocycles. The molecule has 0 radical (unpaired) electrons. The lowest BCUT2D eigenvalue weighted by molar-refractivity contribution is -0.173. The molecule has 0 spiro atoms. The summed E-state index contributed by atoms with van der Waals surface area (Å²) in [5.41, 5.74) is -1.38. The average Bonchev–Trinajstić information content (AvgIpc) is 2.43. The van der Waals surface area contributed by atoms with Crippen LogP contribution < -0.4 is 0 Å². The van der Waals surface area contributed by atoms with E-state index in [1.165, 1.54) is 12.1 Å². The molecule has 2 N–H and O–H groups in total. The van der Waals surface area contributed by atoms with E-state index in [1.807, 2.05) is 13.8 Å². The van der Waals surface area contributed by atoms with Crippen LogP contribution >= 0.6 is 0 Å². The summed E-state index contributed by atoms with van der Waals surface area (Å²) in [6, 6.07) is 6.22. The number of hydrogen-bond acceptors (Lipinski definition) is 3. The highest BCUT2D eigenvalue weighted by Gasteiger charge is 2.41. The fraction of sp³-hybridized carbons (Fsp3) is 0.375. The van der Waals surface area contributed by atoms with Crippen molar-refractivity contribution in [3.63, 3.8) is 0 Å². The summed E-state index contributed by atoms with van der Waals surface area (Å²) in [6.07, 6.45) is 5.25. The predicted molar refractivity (Wildman–Crippen MR) is 78.5 cm³/mol. The van der Waals surface area contributed by atoms with Crippen LogP contribution in [0.15, 0.2) is 24.3 Å². The third kappa shape index (κ3) is 3.83. The second-order valence-corrected chi connectivity index (χ2v) is 5.36. The van der Waals surface area contributed by atoms with Crippen molar-refractivity contribution in [1.82, 2.24) is 4.90 Å². The molecule has 0 saturated heterocycles. The molecule has 1 rings (SSSR count). The molecule has 112 valence electrons. The zero-order valence-corrected chi connectivity index (χ0v) is 12.3. The SMILES string of the molecule is C#Cc1ccc(C(=O)N(CC(C)C)C(C)(O)C(=O)O)cc1. The molecule has 0 aliphatic carbocycles. The summed E-state index contributed by atoms with van der Waals surface area (Å²) in [5, 5.41) is 19.2. The maximum absolute atomic E-state index is 12.5. The van der Waals surface area contributed by atoms with Gasteiger partial charge in [0.2, 0.25) is 5.72 Å². The first kappa shape index (κ1) is 16.7. The molecule has 5 nitrogen and oxygen atoms in total. The minimum absolute atomic E-state index is 0.00440. The van der Waals surface area contributed by atoms with Gasteiger partial charge in [0.15, 0.2) is 0 Å². The lowest BCUT2D eigenvalue weighted by atomic mass is 10.1. The van der Waals surface area contributed by atoms with E-state index in [2.05, 4.69) is 5.92 Å². The number of benzene rings is 1. The minimum Gasteiger partial charge on any atom is -0.478 e. The van der Waals surface area contributed by atoms with Crippen LogP contribution in [0.1, 0.15) is 36.7 Å². The van der Waals surface area contributed by atoms with Crippen LogP contribution in [0.25, 0.3) is 0 Å². The van der Waals surface area contributed by atoms with Crippen molar-refractivity contribution >= 4 is 11.9 Å². The van der Waals surface area contributed by atoms with Gasteiger partial charge in [-0.2, -0.15) is 0 Å². The topological polar surface area (TPSA) is 77.8 Å². The third-order valence-electron chi connectivity index (χ3n) is 3.02. The second-order valence-electron chi connectivity index (χ2n) is 5.36. The summed E-state index contributed by atoms with van der Waals surface area (Å²) < 4.78 is 0. The van der Waals surface area contributed by atoms with Crippen LogP contribution in [0.3, 0.4) is 0 Å². The van der Waals surface area contributed by atoms with E-state index in [4.69, 9.17) is 11.5 Å². The molecule has 0 aliphatic heterocycles. The molecule has 21 heavy (non-hydrogen) atoms. The molecule has 0 heterocycles. The normalized spacial score (nSPS) is 13.3. The number of carbonyl (C=O) groups is 2. The minimum atomic E-state index is -2.27. The first-order valence-corrected chi connectivity index (χ1v) is 6.54. The summed E-state index contributed by atoms with van der Waals surface area (Å²) >= 11 is 0. The van der Waals surface area contributed by atoms with E-state index < -0.39 is 17.6 Å². The number of terminal acetylenes is 1. The molecule has 1 atom stereocenters. The van der Waals surface area contributed by atoms with Crippen molar-refractivity contribution < 1.29 is 19.8 Å². The van der Waals surface area contributed by atoms with Crippen molar-refractivity contribution in [1.29, 1.82) is 0 Å². The van der Waals surface area contributed by atoms with Gasteiger partial charge in [0.25, 0.3) is 5.91 Å². The molecule has 0 fully saturated rings. The van der Waals surface area contributed by atoms with E-state index in [-0.39, 0.29) is 18.0 Å². The highest BCUT2D eigenvalue weighted by atomic mass is 16.4. The highest BCUT2D eigenvalue weighted by molar-refractivity contribution is 5.97. The van der Waals surface area contributed by atoms with Gasteiger partial charge in [-0.3, -0.25) is 4.79 Å². The zero-order chi connectivity index (χ0) is 16.2. The van der Waals surface area contributed by atoms with Gasteiger partial charge in [-0.15, -0.1) is 6.42 Å². The maximum Gasteiger partial charge on any atom is 0.357 e. The fourth-order valence-electron chi connectivity index (χ4n) is 1.80. The van der Waals surface area contributed by atoms with Gasteiger partial charge in [-0.05, 0) is 37.1 Å². The van der Waals surface area contributed by atoms with Crippen LogP contribution in [0.4, 0.5) is 0 Å². The Morgan fingerprint density at radius 1 is 1.33 bits per heavy atom. The maximum atomic E-state index is 12.5.